The number of fused-ring (bicyclic) bond motifs is 1. The minimum Gasteiger partial charge on any atom is -0.364 e. The summed E-state index contributed by atoms with van der Waals surface area (Å²) >= 11 is 0. The van der Waals surface area contributed by atoms with Gasteiger partial charge in [-0.25, -0.2) is 15.0 Å². The minimum absolute atomic E-state index is 0.241. The fourth-order valence-corrected chi connectivity index (χ4v) is 3.69. The number of carbonyl (C=O) groups is 1. The monoisotopic (exact) mass is 426 g/mol. The molecule has 1 fully saturated rings. The molecule has 7 nitrogen and oxygen atoms in total. The lowest BCUT2D eigenvalue weighted by molar-refractivity contribution is 0.0994. The quantitative estimate of drug-likeness (QED) is 0.477. The first-order chi connectivity index (χ1) is 15.7. The van der Waals surface area contributed by atoms with Crippen LogP contribution in [0.2, 0.25) is 0 Å². The smallest absolute Gasteiger partial charge is 0.267 e. The van der Waals surface area contributed by atoms with Gasteiger partial charge >= 0.3 is 0 Å². The molecule has 1 amide bonds. The highest BCUT2D eigenvalue weighted by molar-refractivity contribution is 5.92. The summed E-state index contributed by atoms with van der Waals surface area (Å²) in [6, 6.07) is 18.1. The van der Waals surface area contributed by atoms with Crippen molar-refractivity contribution in [2.24, 2.45) is 10.7 Å². The van der Waals surface area contributed by atoms with Crippen molar-refractivity contribution in [3.8, 4) is 22.4 Å². The number of aromatic nitrogens is 3. The largest absolute Gasteiger partial charge is 0.364 e. The first-order valence-corrected chi connectivity index (χ1v) is 10.7. The number of nitrogens with one attached hydrogen (secondary N) is 1. The van der Waals surface area contributed by atoms with Gasteiger partial charge in [-0.1, -0.05) is 55.0 Å². The van der Waals surface area contributed by atoms with Gasteiger partial charge in [0.05, 0.1) is 11.9 Å². The number of imidazole rings is 1. The van der Waals surface area contributed by atoms with Crippen LogP contribution in [-0.4, -0.2) is 40.1 Å². The predicted molar refractivity (Wildman–Crippen MR) is 128 cm³/mol. The average Bonchev–Trinajstić information content (AvgIpc) is 3.31. The van der Waals surface area contributed by atoms with Gasteiger partial charge in [-0.2, -0.15) is 0 Å². The van der Waals surface area contributed by atoms with Crippen LogP contribution in [-0.2, 0) is 0 Å². The van der Waals surface area contributed by atoms with Crippen LogP contribution in [0.3, 0.4) is 0 Å². The number of piperidine rings is 1. The number of nitrogens with two attached hydrogens (primary N) is 1. The molecule has 162 valence electrons. The van der Waals surface area contributed by atoms with Crippen molar-refractivity contribution >= 4 is 24.1 Å². The fraction of sp³-hybridized carbons (Fsp3) is 0.200. The Bertz CT molecular complexity index is 1220. The van der Waals surface area contributed by atoms with E-state index in [0.717, 1.165) is 16.7 Å². The molecule has 5 rings (SSSR count). The molecular formula is C25H26N6O. The molecule has 2 aromatic heterocycles. The molecule has 3 heterocycles. The maximum atomic E-state index is 11.7. The summed E-state index contributed by atoms with van der Waals surface area (Å²) in [5, 5.41) is 3.28. The summed E-state index contributed by atoms with van der Waals surface area (Å²) in [6.07, 6.45) is 7.36. The van der Waals surface area contributed by atoms with E-state index in [4.69, 9.17) is 5.73 Å². The van der Waals surface area contributed by atoms with Crippen molar-refractivity contribution in [2.75, 3.05) is 13.1 Å². The molecule has 1 saturated heterocycles. The van der Waals surface area contributed by atoms with Crippen LogP contribution in [0.4, 0.5) is 5.82 Å². The summed E-state index contributed by atoms with van der Waals surface area (Å²) in [4.78, 5) is 24.3. The van der Waals surface area contributed by atoms with Gasteiger partial charge in [-0.3, -0.25) is 9.20 Å². The second kappa shape index (κ2) is 9.98. The molecule has 1 aliphatic rings. The number of carbonyl (C=O) groups excluding carboxylic acids is 1. The molecule has 0 unspecified atom stereocenters. The Morgan fingerprint density at radius 2 is 1.72 bits per heavy atom. The maximum Gasteiger partial charge on any atom is 0.267 e. The molecule has 7 heteroatoms. The van der Waals surface area contributed by atoms with E-state index in [9.17, 15) is 4.79 Å². The van der Waals surface area contributed by atoms with Gasteiger partial charge in [0.2, 0.25) is 0 Å². The van der Waals surface area contributed by atoms with Gasteiger partial charge in [0.15, 0.2) is 11.5 Å². The van der Waals surface area contributed by atoms with Crippen LogP contribution in [0.15, 0.2) is 72.0 Å². The lowest BCUT2D eigenvalue weighted by Gasteiger charge is -2.08. The highest BCUT2D eigenvalue weighted by Crippen LogP contribution is 2.28. The lowest BCUT2D eigenvalue weighted by Crippen LogP contribution is -2.21. The molecule has 0 radical (unpaired) electrons. The van der Waals surface area contributed by atoms with E-state index in [1.807, 2.05) is 36.4 Å². The van der Waals surface area contributed by atoms with E-state index >= 15 is 0 Å². The highest BCUT2D eigenvalue weighted by Gasteiger charge is 2.15. The molecule has 0 saturated carbocycles. The first-order valence-electron chi connectivity index (χ1n) is 10.7. The van der Waals surface area contributed by atoms with Crippen molar-refractivity contribution in [3.05, 3.63) is 72.7 Å². The number of nitrogens with zero attached hydrogens (tertiary/aromatic N) is 4. The van der Waals surface area contributed by atoms with Crippen LogP contribution in [0, 0.1) is 0 Å². The van der Waals surface area contributed by atoms with Crippen molar-refractivity contribution in [1.82, 2.24) is 19.7 Å². The summed E-state index contributed by atoms with van der Waals surface area (Å²) in [5.41, 5.74) is 9.94. The Hall–Kier alpha value is -3.84. The number of aliphatic imine (C=N–C) groups is 1. The number of benzene rings is 2. The number of hydrogen-bond donors (Lipinski definition) is 2. The fourth-order valence-electron chi connectivity index (χ4n) is 3.69. The Labute approximate surface area is 187 Å². The maximum absolute atomic E-state index is 11.7. The molecule has 0 aliphatic carbocycles. The van der Waals surface area contributed by atoms with Crippen molar-refractivity contribution in [1.29, 1.82) is 0 Å². The normalized spacial score (nSPS) is 13.2. The van der Waals surface area contributed by atoms with Crippen LogP contribution < -0.4 is 11.1 Å². The van der Waals surface area contributed by atoms with E-state index in [0.29, 0.717) is 17.2 Å². The minimum atomic E-state index is -0.583. The van der Waals surface area contributed by atoms with Gasteiger partial charge in [-0.05, 0) is 49.8 Å². The summed E-state index contributed by atoms with van der Waals surface area (Å²) < 4.78 is 1.60. The van der Waals surface area contributed by atoms with E-state index in [1.54, 1.807) is 10.6 Å². The molecule has 2 aromatic carbocycles. The van der Waals surface area contributed by atoms with Gasteiger partial charge in [0, 0.05) is 11.8 Å². The second-order valence-corrected chi connectivity index (χ2v) is 7.57. The standard InChI is InChI=1S/C20H15N5O.C5H11N/c1-22-19-20-24-16(12-25(20)17(11-23-19)18(21)26)15-9-5-8-14(10-15)13-6-3-2-4-7-13;1-2-4-6-5-3-1/h2-12H,1H2,(H2,21,26);6H,1-5H2. The predicted octanol–water partition coefficient (Wildman–Crippen LogP) is 4.25. The van der Waals surface area contributed by atoms with Crippen LogP contribution in [0.25, 0.3) is 28.0 Å². The zero-order chi connectivity index (χ0) is 22.3. The number of amides is 1. The molecule has 32 heavy (non-hydrogen) atoms. The number of hydrogen-bond acceptors (Lipinski definition) is 5. The zero-order valence-electron chi connectivity index (χ0n) is 17.9. The average molecular weight is 427 g/mol. The van der Waals surface area contributed by atoms with Crippen molar-refractivity contribution in [3.63, 3.8) is 0 Å². The SMILES string of the molecule is C1CCNCC1.C=Nc1ncc(C(N)=O)n2cc(-c3cccc(-c4ccccc4)c3)nc12. The molecule has 0 atom stereocenters. The lowest BCUT2D eigenvalue weighted by atomic mass is 10.0. The summed E-state index contributed by atoms with van der Waals surface area (Å²) in [5.74, 6) is -0.236. The van der Waals surface area contributed by atoms with Gasteiger partial charge in [-0.15, -0.1) is 0 Å². The Morgan fingerprint density at radius 3 is 2.34 bits per heavy atom. The molecule has 4 aromatic rings. The summed E-state index contributed by atoms with van der Waals surface area (Å²) in [7, 11) is 0. The van der Waals surface area contributed by atoms with E-state index < -0.39 is 5.91 Å². The first kappa shape index (κ1) is 21.4. The third kappa shape index (κ3) is 4.73. The van der Waals surface area contributed by atoms with E-state index in [-0.39, 0.29) is 5.69 Å². The Morgan fingerprint density at radius 1 is 1.00 bits per heavy atom. The Kier molecular flexibility index (Phi) is 6.67. The zero-order valence-corrected chi connectivity index (χ0v) is 17.9. The number of rotatable bonds is 4. The third-order valence-electron chi connectivity index (χ3n) is 5.35. The molecule has 0 bridgehead atoms. The van der Waals surface area contributed by atoms with Crippen molar-refractivity contribution in [2.45, 2.75) is 19.3 Å². The number of primary amides is 1. The van der Waals surface area contributed by atoms with Crippen LogP contribution >= 0.6 is 0 Å². The van der Waals surface area contributed by atoms with E-state index in [1.165, 1.54) is 38.5 Å². The van der Waals surface area contributed by atoms with E-state index in [2.05, 4.69) is 45.2 Å². The van der Waals surface area contributed by atoms with Crippen LogP contribution in [0.5, 0.6) is 0 Å². The van der Waals surface area contributed by atoms with Gasteiger partial charge < -0.3 is 11.1 Å². The molecular weight excluding hydrogens is 400 g/mol. The van der Waals surface area contributed by atoms with Gasteiger partial charge in [0.25, 0.3) is 5.91 Å². The van der Waals surface area contributed by atoms with Gasteiger partial charge in [0.1, 0.15) is 5.69 Å². The molecule has 3 N–H and O–H groups in total. The van der Waals surface area contributed by atoms with Crippen LogP contribution in [0.1, 0.15) is 29.8 Å². The highest BCUT2D eigenvalue weighted by atomic mass is 16.1. The molecule has 1 aliphatic heterocycles. The van der Waals surface area contributed by atoms with Crippen molar-refractivity contribution < 1.29 is 4.79 Å². The summed E-state index contributed by atoms with van der Waals surface area (Å²) in [6.45, 7) is 6.01. The topological polar surface area (TPSA) is 97.7 Å². The Balaban J connectivity index is 0.000000354. The molecule has 0 spiro atoms. The third-order valence-corrected chi connectivity index (χ3v) is 5.35. The second-order valence-electron chi connectivity index (χ2n) is 7.57.